The molecule has 2 aliphatic heterocycles. The minimum atomic E-state index is -0.845. The molecule has 10 heteroatoms. The summed E-state index contributed by atoms with van der Waals surface area (Å²) in [5.41, 5.74) is 1.12. The van der Waals surface area contributed by atoms with E-state index in [-0.39, 0.29) is 18.4 Å². The SMILES string of the molecule is CC(C)(C)OC(=O)NCC1CCN(CC(=O)NN2C(=O)NC3(CCCCC3)C2=O)CC1. The number of carbonyl (C=O) groups is 4. The van der Waals surface area contributed by atoms with Crippen molar-refractivity contribution in [1.82, 2.24) is 26.0 Å². The van der Waals surface area contributed by atoms with E-state index in [2.05, 4.69) is 16.1 Å². The summed E-state index contributed by atoms with van der Waals surface area (Å²) in [6.07, 6.45) is 5.35. The predicted octanol–water partition coefficient (Wildman–Crippen LogP) is 1.51. The second kappa shape index (κ2) is 9.42. The van der Waals surface area contributed by atoms with Crippen LogP contribution in [0, 0.1) is 5.92 Å². The quantitative estimate of drug-likeness (QED) is 0.561. The van der Waals surface area contributed by atoms with Gasteiger partial charge in [-0.2, -0.15) is 5.01 Å². The lowest BCUT2D eigenvalue weighted by molar-refractivity contribution is -0.140. The van der Waals surface area contributed by atoms with E-state index in [4.69, 9.17) is 4.74 Å². The highest BCUT2D eigenvalue weighted by molar-refractivity contribution is 6.08. The highest BCUT2D eigenvalue weighted by Crippen LogP contribution is 2.33. The van der Waals surface area contributed by atoms with Gasteiger partial charge in [0.15, 0.2) is 0 Å². The number of hydrazine groups is 1. The van der Waals surface area contributed by atoms with Crippen molar-refractivity contribution in [1.29, 1.82) is 0 Å². The summed E-state index contributed by atoms with van der Waals surface area (Å²) in [6.45, 7) is 7.55. The molecule has 0 unspecified atom stereocenters. The molecular weight excluding hydrogens is 402 g/mol. The summed E-state index contributed by atoms with van der Waals surface area (Å²) < 4.78 is 5.25. The fourth-order valence-corrected chi connectivity index (χ4v) is 4.47. The van der Waals surface area contributed by atoms with Gasteiger partial charge in [-0.25, -0.2) is 9.59 Å². The molecule has 5 amide bonds. The Hall–Kier alpha value is -2.36. The van der Waals surface area contributed by atoms with Crippen LogP contribution in [0.5, 0.6) is 0 Å². The maximum absolute atomic E-state index is 12.7. The monoisotopic (exact) mass is 437 g/mol. The van der Waals surface area contributed by atoms with Crippen LogP contribution in [0.15, 0.2) is 0 Å². The van der Waals surface area contributed by atoms with Crippen LogP contribution >= 0.6 is 0 Å². The Labute approximate surface area is 183 Å². The van der Waals surface area contributed by atoms with Crippen LogP contribution in [0.4, 0.5) is 9.59 Å². The summed E-state index contributed by atoms with van der Waals surface area (Å²) >= 11 is 0. The summed E-state index contributed by atoms with van der Waals surface area (Å²) in [6, 6.07) is -0.549. The predicted molar refractivity (Wildman–Crippen MR) is 113 cm³/mol. The molecule has 3 N–H and O–H groups in total. The molecule has 0 aromatic carbocycles. The van der Waals surface area contributed by atoms with E-state index in [0.29, 0.717) is 38.4 Å². The molecule has 2 heterocycles. The van der Waals surface area contributed by atoms with Crippen LogP contribution in [0.3, 0.4) is 0 Å². The first-order valence-corrected chi connectivity index (χ1v) is 11.2. The van der Waals surface area contributed by atoms with Gasteiger partial charge in [-0.15, -0.1) is 0 Å². The third-order valence-corrected chi connectivity index (χ3v) is 6.11. The number of alkyl carbamates (subject to hydrolysis) is 1. The molecule has 0 aromatic heterocycles. The highest BCUT2D eigenvalue weighted by atomic mass is 16.6. The van der Waals surface area contributed by atoms with E-state index in [1.165, 1.54) is 0 Å². The van der Waals surface area contributed by atoms with Gasteiger partial charge in [0.25, 0.3) is 11.8 Å². The Morgan fingerprint density at radius 3 is 2.39 bits per heavy atom. The zero-order valence-corrected chi connectivity index (χ0v) is 18.8. The van der Waals surface area contributed by atoms with Gasteiger partial charge < -0.3 is 15.4 Å². The molecule has 1 saturated carbocycles. The number of nitrogens with one attached hydrogen (secondary N) is 3. The van der Waals surface area contributed by atoms with Gasteiger partial charge in [0.1, 0.15) is 11.1 Å². The second-order valence-corrected chi connectivity index (χ2v) is 9.85. The lowest BCUT2D eigenvalue weighted by atomic mass is 9.82. The van der Waals surface area contributed by atoms with Crippen molar-refractivity contribution in [3.8, 4) is 0 Å². The molecule has 0 aromatic rings. The average Bonchev–Trinajstić information content (AvgIpc) is 2.90. The van der Waals surface area contributed by atoms with E-state index in [1.807, 2.05) is 25.7 Å². The maximum Gasteiger partial charge on any atom is 0.407 e. The second-order valence-electron chi connectivity index (χ2n) is 9.85. The van der Waals surface area contributed by atoms with Crippen LogP contribution in [0.25, 0.3) is 0 Å². The zero-order chi connectivity index (χ0) is 22.6. The largest absolute Gasteiger partial charge is 0.444 e. The van der Waals surface area contributed by atoms with Crippen molar-refractivity contribution in [2.45, 2.75) is 76.9 Å². The van der Waals surface area contributed by atoms with E-state index < -0.39 is 23.3 Å². The number of likely N-dealkylation sites (tertiary alicyclic amines) is 1. The Morgan fingerprint density at radius 1 is 1.13 bits per heavy atom. The number of rotatable bonds is 5. The standard InChI is InChI=1S/C21H35N5O5/c1-20(2,3)31-19(30)22-13-15-7-11-25(12-8-15)14-16(27)24-26-17(28)21(23-18(26)29)9-5-4-6-10-21/h15H,4-14H2,1-3H3,(H,22,30)(H,23,29)(H,24,27). The van der Waals surface area contributed by atoms with Crippen molar-refractivity contribution in [3.05, 3.63) is 0 Å². The molecule has 1 spiro atoms. The van der Waals surface area contributed by atoms with Crippen LogP contribution in [0.1, 0.15) is 65.7 Å². The molecule has 0 atom stereocenters. The summed E-state index contributed by atoms with van der Waals surface area (Å²) in [7, 11) is 0. The van der Waals surface area contributed by atoms with E-state index in [9.17, 15) is 19.2 Å². The van der Waals surface area contributed by atoms with E-state index in [0.717, 1.165) is 37.1 Å². The fourth-order valence-electron chi connectivity index (χ4n) is 4.47. The Morgan fingerprint density at radius 2 is 1.77 bits per heavy atom. The first-order valence-electron chi connectivity index (χ1n) is 11.2. The molecule has 3 rings (SSSR count). The molecular formula is C21H35N5O5. The number of piperidine rings is 1. The first kappa shape index (κ1) is 23.3. The first-order chi connectivity index (χ1) is 14.6. The van der Waals surface area contributed by atoms with Gasteiger partial charge in [-0.3, -0.25) is 19.9 Å². The van der Waals surface area contributed by atoms with Crippen LogP contribution in [0.2, 0.25) is 0 Å². The number of urea groups is 1. The number of ether oxygens (including phenoxy) is 1. The minimum Gasteiger partial charge on any atom is -0.444 e. The van der Waals surface area contributed by atoms with E-state index >= 15 is 0 Å². The van der Waals surface area contributed by atoms with Gasteiger partial charge in [-0.05, 0) is 65.5 Å². The third-order valence-electron chi connectivity index (χ3n) is 6.11. The summed E-state index contributed by atoms with van der Waals surface area (Å²) in [5, 5.41) is 6.44. The number of carbonyl (C=O) groups excluding carboxylic acids is 4. The van der Waals surface area contributed by atoms with Crippen LogP contribution < -0.4 is 16.1 Å². The molecule has 3 aliphatic rings. The normalized spacial score (nSPS) is 22.4. The highest BCUT2D eigenvalue weighted by Gasteiger charge is 2.52. The topological polar surface area (TPSA) is 120 Å². The Kier molecular flexibility index (Phi) is 7.08. The van der Waals surface area contributed by atoms with Crippen LogP contribution in [-0.2, 0) is 14.3 Å². The number of nitrogens with zero attached hydrogens (tertiary/aromatic N) is 2. The summed E-state index contributed by atoms with van der Waals surface area (Å²) in [5.74, 6) is -0.400. The van der Waals surface area contributed by atoms with E-state index in [1.54, 1.807) is 0 Å². The molecule has 31 heavy (non-hydrogen) atoms. The molecule has 1 aliphatic carbocycles. The van der Waals surface area contributed by atoms with Crippen molar-refractivity contribution in [3.63, 3.8) is 0 Å². The number of hydrogen-bond donors (Lipinski definition) is 3. The minimum absolute atomic E-state index is 0.121. The molecule has 10 nitrogen and oxygen atoms in total. The van der Waals surface area contributed by atoms with Gasteiger partial charge in [0.05, 0.1) is 6.54 Å². The smallest absolute Gasteiger partial charge is 0.407 e. The van der Waals surface area contributed by atoms with Gasteiger partial charge in [0.2, 0.25) is 0 Å². The molecule has 0 bridgehead atoms. The molecule has 0 radical (unpaired) electrons. The lowest BCUT2D eigenvalue weighted by Crippen LogP contribution is -2.53. The van der Waals surface area contributed by atoms with Crippen LogP contribution in [-0.4, -0.2) is 71.2 Å². The molecule has 2 saturated heterocycles. The maximum atomic E-state index is 12.7. The fraction of sp³-hybridized carbons (Fsp3) is 0.810. The molecule has 3 fully saturated rings. The number of hydrogen-bond acceptors (Lipinski definition) is 6. The van der Waals surface area contributed by atoms with Crippen molar-refractivity contribution < 1.29 is 23.9 Å². The van der Waals surface area contributed by atoms with Crippen molar-refractivity contribution in [2.75, 3.05) is 26.2 Å². The van der Waals surface area contributed by atoms with Gasteiger partial charge >= 0.3 is 12.1 Å². The Bertz CT molecular complexity index is 705. The molecule has 174 valence electrons. The van der Waals surface area contributed by atoms with Gasteiger partial charge in [-0.1, -0.05) is 19.3 Å². The van der Waals surface area contributed by atoms with Crippen molar-refractivity contribution >= 4 is 23.9 Å². The Balaban J connectivity index is 1.39. The van der Waals surface area contributed by atoms with Crippen molar-refractivity contribution in [2.24, 2.45) is 5.92 Å². The number of imide groups is 1. The number of amides is 5. The zero-order valence-electron chi connectivity index (χ0n) is 18.8. The van der Waals surface area contributed by atoms with Gasteiger partial charge in [0, 0.05) is 6.54 Å². The third kappa shape index (κ3) is 6.09. The lowest BCUT2D eigenvalue weighted by Gasteiger charge is -2.32. The average molecular weight is 438 g/mol. The summed E-state index contributed by atoms with van der Waals surface area (Å²) in [4.78, 5) is 51.2.